The maximum atomic E-state index is 11.6. The van der Waals surface area contributed by atoms with Gasteiger partial charge in [0, 0.05) is 0 Å². The number of alkyl carbamates (subject to hydrolysis) is 1. The van der Waals surface area contributed by atoms with Crippen molar-refractivity contribution >= 4 is 12.1 Å². The first-order valence-corrected chi connectivity index (χ1v) is 5.99. The van der Waals surface area contributed by atoms with Crippen LogP contribution in [-0.2, 0) is 9.53 Å². The number of carbonyl (C=O) groups excluding carboxylic acids is 1. The van der Waals surface area contributed by atoms with Gasteiger partial charge in [-0.15, -0.1) is 0 Å². The summed E-state index contributed by atoms with van der Waals surface area (Å²) in [6.07, 6.45) is 2.06. The average Bonchev–Trinajstić information content (AvgIpc) is 2.90. The maximum Gasteiger partial charge on any atom is 0.408 e. The summed E-state index contributed by atoms with van der Waals surface area (Å²) in [6, 6.07) is 0. The Bertz CT molecular complexity index is 356. The van der Waals surface area contributed by atoms with E-state index >= 15 is 0 Å². The van der Waals surface area contributed by atoms with Gasteiger partial charge < -0.3 is 15.2 Å². The predicted molar refractivity (Wildman–Crippen MR) is 60.6 cm³/mol. The van der Waals surface area contributed by atoms with E-state index in [1.165, 1.54) is 0 Å². The minimum atomic E-state index is -1.07. The first kappa shape index (κ1) is 12.2. The first-order chi connectivity index (χ1) is 7.74. The van der Waals surface area contributed by atoms with Crippen molar-refractivity contribution in [1.82, 2.24) is 5.32 Å². The van der Waals surface area contributed by atoms with Gasteiger partial charge in [-0.2, -0.15) is 0 Å². The molecule has 0 heterocycles. The summed E-state index contributed by atoms with van der Waals surface area (Å²) < 4.78 is 5.10. The number of amides is 1. The molecule has 0 aromatic rings. The third-order valence-corrected chi connectivity index (χ3v) is 3.31. The highest BCUT2D eigenvalue weighted by atomic mass is 16.6. The Kier molecular flexibility index (Phi) is 2.60. The van der Waals surface area contributed by atoms with Crippen molar-refractivity contribution in [3.05, 3.63) is 0 Å². The number of ether oxygens (including phenoxy) is 1. The van der Waals surface area contributed by atoms with Crippen LogP contribution in [0.4, 0.5) is 4.79 Å². The molecular formula is C12H19NO4. The summed E-state index contributed by atoms with van der Waals surface area (Å²) in [5, 5.41) is 11.8. The summed E-state index contributed by atoms with van der Waals surface area (Å²) in [5.41, 5.74) is -1.67. The topological polar surface area (TPSA) is 75.6 Å². The third kappa shape index (κ3) is 2.53. The number of carboxylic acids is 1. The van der Waals surface area contributed by atoms with Crippen LogP contribution in [0.3, 0.4) is 0 Å². The van der Waals surface area contributed by atoms with E-state index in [1.807, 2.05) is 0 Å². The number of hydrogen-bond donors (Lipinski definition) is 2. The lowest BCUT2D eigenvalue weighted by molar-refractivity contribution is -0.141. The highest BCUT2D eigenvalue weighted by Gasteiger charge is 2.66. The molecule has 2 aliphatic rings. The molecule has 96 valence electrons. The van der Waals surface area contributed by atoms with Gasteiger partial charge in [0.25, 0.3) is 0 Å². The quantitative estimate of drug-likeness (QED) is 0.789. The lowest BCUT2D eigenvalue weighted by Crippen LogP contribution is -2.47. The number of carboxylic acid groups (broad SMARTS) is 1. The minimum absolute atomic E-state index is 0.0903. The highest BCUT2D eigenvalue weighted by molar-refractivity contribution is 5.88. The summed E-state index contributed by atoms with van der Waals surface area (Å²) in [5.74, 6) is -0.381. The van der Waals surface area contributed by atoms with Crippen LogP contribution in [0.15, 0.2) is 0 Å². The first-order valence-electron chi connectivity index (χ1n) is 5.99. The second kappa shape index (κ2) is 3.62. The van der Waals surface area contributed by atoms with Crippen LogP contribution >= 0.6 is 0 Å². The molecule has 0 unspecified atom stereocenters. The van der Waals surface area contributed by atoms with Gasteiger partial charge in [-0.1, -0.05) is 0 Å². The van der Waals surface area contributed by atoms with Crippen molar-refractivity contribution in [3.8, 4) is 0 Å². The molecule has 2 N–H and O–H groups in total. The van der Waals surface area contributed by atoms with Crippen LogP contribution in [0, 0.1) is 11.8 Å². The molecule has 1 amide bonds. The zero-order valence-corrected chi connectivity index (χ0v) is 10.4. The van der Waals surface area contributed by atoms with Crippen LogP contribution in [0.5, 0.6) is 0 Å². The number of aliphatic carboxylic acids is 1. The third-order valence-electron chi connectivity index (χ3n) is 3.31. The lowest BCUT2D eigenvalue weighted by atomic mass is 10.1. The van der Waals surface area contributed by atoms with Crippen molar-refractivity contribution in [2.75, 3.05) is 0 Å². The molecule has 17 heavy (non-hydrogen) atoms. The minimum Gasteiger partial charge on any atom is -0.479 e. The monoisotopic (exact) mass is 241 g/mol. The van der Waals surface area contributed by atoms with Crippen molar-refractivity contribution in [1.29, 1.82) is 0 Å². The Morgan fingerprint density at radius 2 is 1.94 bits per heavy atom. The van der Waals surface area contributed by atoms with Gasteiger partial charge in [0.15, 0.2) is 0 Å². The Balaban J connectivity index is 1.96. The molecule has 5 heteroatoms. The van der Waals surface area contributed by atoms with Crippen LogP contribution in [0.2, 0.25) is 0 Å². The largest absolute Gasteiger partial charge is 0.479 e. The van der Waals surface area contributed by atoms with Gasteiger partial charge in [0.2, 0.25) is 0 Å². The molecule has 0 aromatic heterocycles. The Hall–Kier alpha value is -1.26. The molecule has 5 nitrogen and oxygen atoms in total. The average molecular weight is 241 g/mol. The summed E-state index contributed by atoms with van der Waals surface area (Å²) in [6.45, 7) is 5.27. The van der Waals surface area contributed by atoms with Gasteiger partial charge in [0.1, 0.15) is 11.1 Å². The van der Waals surface area contributed by atoms with Crippen molar-refractivity contribution in [2.45, 2.75) is 51.2 Å². The number of carbonyl (C=O) groups is 2. The molecule has 0 aliphatic heterocycles. The van der Waals surface area contributed by atoms with E-state index in [0.717, 1.165) is 12.8 Å². The standard InChI is InChI=1S/C12H19NO4/c1-11(2,3)17-10(16)13-12(9(14)15)6-8(12)7-4-5-7/h7-8H,4-6H2,1-3H3,(H,13,16)(H,14,15)/t8-,12-/m1/s1. The van der Waals surface area contributed by atoms with E-state index in [4.69, 9.17) is 4.74 Å². The van der Waals surface area contributed by atoms with Gasteiger partial charge in [-0.3, -0.25) is 0 Å². The molecule has 0 bridgehead atoms. The fourth-order valence-corrected chi connectivity index (χ4v) is 2.28. The summed E-state index contributed by atoms with van der Waals surface area (Å²) in [4.78, 5) is 22.9. The number of nitrogens with one attached hydrogen (secondary N) is 1. The highest BCUT2D eigenvalue weighted by Crippen LogP contribution is 2.57. The Morgan fingerprint density at radius 1 is 1.35 bits per heavy atom. The molecule has 2 rings (SSSR count). The van der Waals surface area contributed by atoms with Crippen molar-refractivity contribution in [3.63, 3.8) is 0 Å². The second-order valence-electron chi connectivity index (χ2n) is 6.05. The van der Waals surface area contributed by atoms with Gasteiger partial charge >= 0.3 is 12.1 Å². The summed E-state index contributed by atoms with van der Waals surface area (Å²) >= 11 is 0. The van der Waals surface area contributed by atoms with E-state index in [2.05, 4.69) is 5.32 Å². The molecule has 0 radical (unpaired) electrons. The van der Waals surface area contributed by atoms with Crippen LogP contribution in [0.25, 0.3) is 0 Å². The zero-order chi connectivity index (χ0) is 12.8. The molecule has 2 aliphatic carbocycles. The maximum absolute atomic E-state index is 11.6. The fraction of sp³-hybridized carbons (Fsp3) is 0.833. The smallest absolute Gasteiger partial charge is 0.408 e. The van der Waals surface area contributed by atoms with Gasteiger partial charge in [-0.05, 0) is 51.9 Å². The van der Waals surface area contributed by atoms with Gasteiger partial charge in [0.05, 0.1) is 0 Å². The molecule has 2 atom stereocenters. The van der Waals surface area contributed by atoms with E-state index in [-0.39, 0.29) is 5.92 Å². The summed E-state index contributed by atoms with van der Waals surface area (Å²) in [7, 11) is 0. The van der Waals surface area contributed by atoms with Crippen LogP contribution < -0.4 is 5.32 Å². The van der Waals surface area contributed by atoms with Crippen molar-refractivity contribution < 1.29 is 19.4 Å². The van der Waals surface area contributed by atoms with E-state index in [9.17, 15) is 14.7 Å². The molecular weight excluding hydrogens is 222 g/mol. The van der Waals surface area contributed by atoms with E-state index in [1.54, 1.807) is 20.8 Å². The van der Waals surface area contributed by atoms with Crippen LogP contribution in [-0.4, -0.2) is 28.3 Å². The number of hydrogen-bond acceptors (Lipinski definition) is 3. The molecule has 2 fully saturated rings. The van der Waals surface area contributed by atoms with E-state index < -0.39 is 23.2 Å². The normalized spacial score (nSPS) is 31.8. The molecule has 2 saturated carbocycles. The van der Waals surface area contributed by atoms with E-state index in [0.29, 0.717) is 12.3 Å². The number of rotatable bonds is 3. The lowest BCUT2D eigenvalue weighted by Gasteiger charge is -2.22. The Labute approximate surface area is 101 Å². The second-order valence-corrected chi connectivity index (χ2v) is 6.05. The van der Waals surface area contributed by atoms with Crippen molar-refractivity contribution in [2.24, 2.45) is 11.8 Å². The predicted octanol–water partition coefficient (Wildman–Crippen LogP) is 1.76. The van der Waals surface area contributed by atoms with Crippen LogP contribution in [0.1, 0.15) is 40.0 Å². The Morgan fingerprint density at radius 3 is 2.35 bits per heavy atom. The SMILES string of the molecule is CC(C)(C)OC(=O)N[C@]1(C(=O)O)C[C@@H]1C1CC1. The molecule has 0 spiro atoms. The molecule has 0 saturated heterocycles. The fourth-order valence-electron chi connectivity index (χ4n) is 2.28. The molecule has 0 aromatic carbocycles. The zero-order valence-electron chi connectivity index (χ0n) is 10.4. The van der Waals surface area contributed by atoms with Gasteiger partial charge in [-0.25, -0.2) is 9.59 Å².